The molecule has 0 fully saturated rings. The predicted octanol–water partition coefficient (Wildman–Crippen LogP) is 4.99. The number of fused-ring (bicyclic) bond motifs is 1. The lowest BCUT2D eigenvalue weighted by Crippen LogP contribution is -2.01. The van der Waals surface area contributed by atoms with Crippen molar-refractivity contribution >= 4 is 50.0 Å². The predicted molar refractivity (Wildman–Crippen MR) is 116 cm³/mol. The summed E-state index contributed by atoms with van der Waals surface area (Å²) < 4.78 is 0.764. The number of benzene rings is 2. The van der Waals surface area contributed by atoms with Crippen LogP contribution in [0.15, 0.2) is 71.6 Å². The van der Waals surface area contributed by atoms with Crippen LogP contribution in [-0.2, 0) is 0 Å². The van der Waals surface area contributed by atoms with Gasteiger partial charge in [-0.3, -0.25) is 10.2 Å². The normalized spacial score (nSPS) is 10.9. The van der Waals surface area contributed by atoms with E-state index < -0.39 is 0 Å². The zero-order chi connectivity index (χ0) is 19.6. The Morgan fingerprint density at radius 1 is 0.862 bits per heavy atom. The summed E-state index contributed by atoms with van der Waals surface area (Å²) in [4.78, 5) is 8.96. The van der Waals surface area contributed by atoms with Crippen LogP contribution in [0.1, 0.15) is 0 Å². The number of halogens is 1. The first-order valence-electron chi connectivity index (χ1n) is 8.84. The average Bonchev–Trinajstić information content (AvgIpc) is 3.42. The van der Waals surface area contributed by atoms with Gasteiger partial charge < -0.3 is 10.6 Å². The topological polar surface area (TPSA) is 107 Å². The third-order valence-corrected chi connectivity index (χ3v) is 4.96. The standard InChI is InChI=1S/C20H15BrN8/c21-16-11-22-20(26-15-4-5-17-13(9-15)10-24-29-17)27-19(16)25-14-3-1-2-12(8-14)18-6-7-23-28-18/h1-11H,(H,23,28)(H,24,29)(H2,22,25,26,27). The number of anilines is 4. The highest BCUT2D eigenvalue weighted by atomic mass is 79.9. The molecule has 5 aromatic rings. The molecule has 2 aromatic carbocycles. The maximum absolute atomic E-state index is 4.60. The van der Waals surface area contributed by atoms with Gasteiger partial charge >= 0.3 is 0 Å². The molecule has 0 aliphatic carbocycles. The molecule has 0 atom stereocenters. The van der Waals surface area contributed by atoms with Crippen molar-refractivity contribution < 1.29 is 0 Å². The number of H-pyrrole nitrogens is 2. The first-order chi connectivity index (χ1) is 14.2. The highest BCUT2D eigenvalue weighted by Crippen LogP contribution is 2.28. The van der Waals surface area contributed by atoms with Gasteiger partial charge in [0.25, 0.3) is 0 Å². The van der Waals surface area contributed by atoms with Gasteiger partial charge in [0.05, 0.1) is 21.9 Å². The molecule has 5 rings (SSSR count). The van der Waals surface area contributed by atoms with Crippen molar-refractivity contribution in [3.8, 4) is 11.3 Å². The van der Waals surface area contributed by atoms with Gasteiger partial charge in [-0.25, -0.2) is 4.98 Å². The van der Waals surface area contributed by atoms with Gasteiger partial charge in [-0.2, -0.15) is 15.2 Å². The largest absolute Gasteiger partial charge is 0.339 e. The lowest BCUT2D eigenvalue weighted by atomic mass is 10.1. The molecule has 0 radical (unpaired) electrons. The highest BCUT2D eigenvalue weighted by molar-refractivity contribution is 9.10. The van der Waals surface area contributed by atoms with Crippen molar-refractivity contribution in [3.05, 3.63) is 71.6 Å². The van der Waals surface area contributed by atoms with Crippen LogP contribution in [0.25, 0.3) is 22.2 Å². The maximum atomic E-state index is 4.60. The average molecular weight is 447 g/mol. The van der Waals surface area contributed by atoms with E-state index in [1.54, 1.807) is 18.6 Å². The Hall–Kier alpha value is -3.72. The van der Waals surface area contributed by atoms with Crippen LogP contribution in [0.5, 0.6) is 0 Å². The summed E-state index contributed by atoms with van der Waals surface area (Å²) in [6.07, 6.45) is 5.23. The van der Waals surface area contributed by atoms with Crippen LogP contribution in [0.4, 0.5) is 23.1 Å². The summed E-state index contributed by atoms with van der Waals surface area (Å²) in [6, 6.07) is 15.8. The molecule has 142 valence electrons. The van der Waals surface area contributed by atoms with Crippen LogP contribution in [0.3, 0.4) is 0 Å². The molecule has 0 spiro atoms. The number of nitrogens with zero attached hydrogens (tertiary/aromatic N) is 4. The molecule has 3 aromatic heterocycles. The number of nitrogens with one attached hydrogen (secondary N) is 4. The van der Waals surface area contributed by atoms with Gasteiger partial charge in [0, 0.05) is 34.7 Å². The van der Waals surface area contributed by atoms with E-state index in [0.717, 1.165) is 38.0 Å². The van der Waals surface area contributed by atoms with Crippen LogP contribution < -0.4 is 10.6 Å². The first kappa shape index (κ1) is 17.4. The monoisotopic (exact) mass is 446 g/mol. The van der Waals surface area contributed by atoms with Crippen LogP contribution in [-0.4, -0.2) is 30.4 Å². The van der Waals surface area contributed by atoms with Crippen LogP contribution in [0, 0.1) is 0 Å². The second-order valence-corrected chi connectivity index (χ2v) is 7.22. The van der Waals surface area contributed by atoms with Gasteiger partial charge in [-0.1, -0.05) is 12.1 Å². The number of hydrogen-bond donors (Lipinski definition) is 4. The second kappa shape index (κ2) is 7.36. The fourth-order valence-electron chi connectivity index (χ4n) is 2.98. The Bertz CT molecular complexity index is 1280. The van der Waals surface area contributed by atoms with Crippen LogP contribution in [0.2, 0.25) is 0 Å². The lowest BCUT2D eigenvalue weighted by molar-refractivity contribution is 1.10. The van der Waals surface area contributed by atoms with Gasteiger partial charge in [0.15, 0.2) is 0 Å². The highest BCUT2D eigenvalue weighted by Gasteiger charge is 2.08. The molecule has 0 saturated heterocycles. The molecule has 4 N–H and O–H groups in total. The van der Waals surface area contributed by atoms with Crippen molar-refractivity contribution in [2.75, 3.05) is 10.6 Å². The SMILES string of the molecule is Brc1cnc(Nc2ccc3[nH]ncc3c2)nc1Nc1cccc(-c2ccn[nH]2)c1. The second-order valence-electron chi connectivity index (χ2n) is 6.36. The molecule has 0 saturated carbocycles. The fourth-order valence-corrected chi connectivity index (χ4v) is 3.27. The summed E-state index contributed by atoms with van der Waals surface area (Å²) in [7, 11) is 0. The van der Waals surface area contributed by atoms with E-state index >= 15 is 0 Å². The number of aromatic amines is 2. The fraction of sp³-hybridized carbons (Fsp3) is 0. The number of hydrogen-bond acceptors (Lipinski definition) is 6. The summed E-state index contributed by atoms with van der Waals surface area (Å²) in [5.41, 5.74) is 4.75. The molecule has 8 nitrogen and oxygen atoms in total. The molecule has 9 heteroatoms. The third kappa shape index (κ3) is 3.67. The van der Waals surface area contributed by atoms with E-state index in [1.807, 2.05) is 48.5 Å². The van der Waals surface area contributed by atoms with E-state index in [0.29, 0.717) is 11.8 Å². The summed E-state index contributed by atoms with van der Waals surface area (Å²) in [6.45, 7) is 0. The van der Waals surface area contributed by atoms with Crippen molar-refractivity contribution in [1.29, 1.82) is 0 Å². The summed E-state index contributed by atoms with van der Waals surface area (Å²) in [5, 5.41) is 21.5. The van der Waals surface area contributed by atoms with Crippen molar-refractivity contribution in [2.24, 2.45) is 0 Å². The molecular weight excluding hydrogens is 432 g/mol. The molecule has 0 aliphatic heterocycles. The Morgan fingerprint density at radius 2 is 1.79 bits per heavy atom. The quantitative estimate of drug-likeness (QED) is 0.302. The molecular formula is C20H15BrN8. The summed E-state index contributed by atoms with van der Waals surface area (Å²) in [5.74, 6) is 1.15. The molecule has 0 amide bonds. The van der Waals surface area contributed by atoms with Gasteiger partial charge in [0.1, 0.15) is 5.82 Å². The Morgan fingerprint density at radius 3 is 2.69 bits per heavy atom. The van der Waals surface area contributed by atoms with E-state index in [1.165, 1.54) is 0 Å². The van der Waals surface area contributed by atoms with Crippen LogP contribution >= 0.6 is 15.9 Å². The lowest BCUT2D eigenvalue weighted by Gasteiger charge is -2.11. The maximum Gasteiger partial charge on any atom is 0.229 e. The van der Waals surface area contributed by atoms with Gasteiger partial charge in [-0.05, 0) is 52.3 Å². The molecule has 29 heavy (non-hydrogen) atoms. The molecule has 0 aliphatic rings. The Labute approximate surface area is 173 Å². The summed E-state index contributed by atoms with van der Waals surface area (Å²) >= 11 is 3.51. The Kier molecular flexibility index (Phi) is 4.41. The van der Waals surface area contributed by atoms with Gasteiger partial charge in [0.2, 0.25) is 5.95 Å². The van der Waals surface area contributed by atoms with E-state index in [-0.39, 0.29) is 0 Å². The smallest absolute Gasteiger partial charge is 0.229 e. The Balaban J connectivity index is 1.40. The minimum absolute atomic E-state index is 0.489. The van der Waals surface area contributed by atoms with E-state index in [4.69, 9.17) is 0 Å². The zero-order valence-corrected chi connectivity index (χ0v) is 16.6. The minimum atomic E-state index is 0.489. The van der Waals surface area contributed by atoms with Crippen molar-refractivity contribution in [1.82, 2.24) is 30.4 Å². The third-order valence-electron chi connectivity index (χ3n) is 4.38. The minimum Gasteiger partial charge on any atom is -0.339 e. The van der Waals surface area contributed by atoms with Gasteiger partial charge in [-0.15, -0.1) is 0 Å². The number of aromatic nitrogens is 6. The van der Waals surface area contributed by atoms with Crippen molar-refractivity contribution in [3.63, 3.8) is 0 Å². The number of rotatable bonds is 5. The molecule has 3 heterocycles. The zero-order valence-electron chi connectivity index (χ0n) is 15.0. The first-order valence-corrected chi connectivity index (χ1v) is 9.63. The molecule has 0 unspecified atom stereocenters. The van der Waals surface area contributed by atoms with E-state index in [9.17, 15) is 0 Å². The van der Waals surface area contributed by atoms with Crippen molar-refractivity contribution in [2.45, 2.75) is 0 Å². The van der Waals surface area contributed by atoms with E-state index in [2.05, 4.69) is 56.9 Å². The molecule has 0 bridgehead atoms.